The Kier molecular flexibility index (Phi) is 4.99. The Hall–Kier alpha value is -2.94. The van der Waals surface area contributed by atoms with Crippen LogP contribution in [0.25, 0.3) is 16.7 Å². The number of carbonyl (C=O) groups is 1. The Morgan fingerprint density at radius 3 is 2.59 bits per heavy atom. The standard InChI is InChI=1S/C20H22N4O4S/c1-14(25)23-8-6-16(7-9-23)28-20-12-19(21-13-22-20)24-10-5-15-11-17(29(2,26)27)3-4-18(15)24/h3-5,10-13,16H,6-9H2,1-2H3. The van der Waals surface area contributed by atoms with Crippen LogP contribution < -0.4 is 4.74 Å². The number of hydrogen-bond donors (Lipinski definition) is 0. The lowest BCUT2D eigenvalue weighted by Crippen LogP contribution is -2.40. The van der Waals surface area contributed by atoms with E-state index in [-0.39, 0.29) is 16.9 Å². The predicted octanol–water partition coefficient (Wildman–Crippen LogP) is 2.21. The van der Waals surface area contributed by atoms with E-state index < -0.39 is 9.84 Å². The van der Waals surface area contributed by atoms with Gasteiger partial charge >= 0.3 is 0 Å². The van der Waals surface area contributed by atoms with Gasteiger partial charge in [-0.05, 0) is 24.3 Å². The zero-order valence-electron chi connectivity index (χ0n) is 16.3. The van der Waals surface area contributed by atoms with Crippen molar-refractivity contribution in [1.82, 2.24) is 19.4 Å². The molecule has 0 N–H and O–H groups in total. The number of likely N-dealkylation sites (tertiary alicyclic amines) is 1. The van der Waals surface area contributed by atoms with Crippen LogP contribution in [0.4, 0.5) is 0 Å². The topological polar surface area (TPSA) is 94.4 Å². The molecule has 0 bridgehead atoms. The quantitative estimate of drug-likeness (QED) is 0.650. The highest BCUT2D eigenvalue weighted by molar-refractivity contribution is 7.90. The second-order valence-electron chi connectivity index (χ2n) is 7.22. The summed E-state index contributed by atoms with van der Waals surface area (Å²) in [5.41, 5.74) is 0.844. The van der Waals surface area contributed by atoms with Gasteiger partial charge in [0.25, 0.3) is 0 Å². The molecule has 1 aliphatic rings. The zero-order valence-corrected chi connectivity index (χ0v) is 17.1. The molecule has 152 valence electrons. The summed E-state index contributed by atoms with van der Waals surface area (Å²) < 4.78 is 31.4. The average molecular weight is 414 g/mol. The van der Waals surface area contributed by atoms with Gasteiger partial charge in [0.1, 0.15) is 18.2 Å². The maximum Gasteiger partial charge on any atom is 0.219 e. The van der Waals surface area contributed by atoms with Gasteiger partial charge in [-0.3, -0.25) is 4.79 Å². The maximum atomic E-state index is 11.8. The summed E-state index contributed by atoms with van der Waals surface area (Å²) in [6.45, 7) is 2.95. The monoisotopic (exact) mass is 414 g/mol. The highest BCUT2D eigenvalue weighted by Gasteiger charge is 2.22. The van der Waals surface area contributed by atoms with Crippen LogP contribution in [0.1, 0.15) is 19.8 Å². The van der Waals surface area contributed by atoms with Crippen molar-refractivity contribution < 1.29 is 17.9 Å². The van der Waals surface area contributed by atoms with Gasteiger partial charge in [0.05, 0.1) is 10.4 Å². The Bertz CT molecular complexity index is 1160. The number of fused-ring (bicyclic) bond motifs is 1. The number of sulfone groups is 1. The molecule has 0 atom stereocenters. The van der Waals surface area contributed by atoms with Crippen molar-refractivity contribution in [3.05, 3.63) is 42.9 Å². The Morgan fingerprint density at radius 1 is 1.14 bits per heavy atom. The van der Waals surface area contributed by atoms with E-state index in [4.69, 9.17) is 4.74 Å². The molecule has 1 aromatic carbocycles. The van der Waals surface area contributed by atoms with Crippen molar-refractivity contribution in [1.29, 1.82) is 0 Å². The van der Waals surface area contributed by atoms with Crippen molar-refractivity contribution >= 4 is 26.6 Å². The molecule has 29 heavy (non-hydrogen) atoms. The molecule has 1 fully saturated rings. The van der Waals surface area contributed by atoms with E-state index in [0.717, 1.165) is 23.7 Å². The number of amides is 1. The van der Waals surface area contributed by atoms with Crippen molar-refractivity contribution in [2.24, 2.45) is 0 Å². The highest BCUT2D eigenvalue weighted by Crippen LogP contribution is 2.24. The van der Waals surface area contributed by atoms with E-state index in [9.17, 15) is 13.2 Å². The van der Waals surface area contributed by atoms with E-state index in [1.165, 1.54) is 12.6 Å². The minimum absolute atomic E-state index is 0.00655. The second kappa shape index (κ2) is 7.47. The molecule has 0 spiro atoms. The number of rotatable bonds is 4. The Morgan fingerprint density at radius 2 is 1.90 bits per heavy atom. The van der Waals surface area contributed by atoms with E-state index in [1.54, 1.807) is 31.2 Å². The summed E-state index contributed by atoms with van der Waals surface area (Å²) in [5.74, 6) is 1.20. The highest BCUT2D eigenvalue weighted by atomic mass is 32.2. The molecule has 0 saturated carbocycles. The van der Waals surface area contributed by atoms with Gasteiger partial charge in [-0.15, -0.1) is 0 Å². The van der Waals surface area contributed by atoms with Crippen molar-refractivity contribution in [3.63, 3.8) is 0 Å². The van der Waals surface area contributed by atoms with E-state index >= 15 is 0 Å². The minimum Gasteiger partial charge on any atom is -0.474 e. The molecule has 0 radical (unpaired) electrons. The molecule has 1 saturated heterocycles. The second-order valence-corrected chi connectivity index (χ2v) is 9.23. The van der Waals surface area contributed by atoms with Crippen LogP contribution in [0.15, 0.2) is 47.8 Å². The largest absolute Gasteiger partial charge is 0.474 e. The number of nitrogens with zero attached hydrogens (tertiary/aromatic N) is 4. The molecule has 2 aromatic heterocycles. The van der Waals surface area contributed by atoms with Crippen LogP contribution in [-0.4, -0.2) is 59.2 Å². The molecule has 8 nitrogen and oxygen atoms in total. The summed E-state index contributed by atoms with van der Waals surface area (Å²) >= 11 is 0. The molecule has 1 amide bonds. The summed E-state index contributed by atoms with van der Waals surface area (Å²) in [6, 6.07) is 8.63. The van der Waals surface area contributed by atoms with E-state index in [0.29, 0.717) is 24.8 Å². The fourth-order valence-corrected chi connectivity index (χ4v) is 4.19. The van der Waals surface area contributed by atoms with Gasteiger partial charge in [0.2, 0.25) is 11.8 Å². The summed E-state index contributed by atoms with van der Waals surface area (Å²) in [7, 11) is -3.26. The van der Waals surface area contributed by atoms with Crippen LogP contribution in [-0.2, 0) is 14.6 Å². The normalized spacial score (nSPS) is 15.6. The number of carbonyl (C=O) groups excluding carboxylic acids is 1. The third-order valence-electron chi connectivity index (χ3n) is 5.14. The van der Waals surface area contributed by atoms with E-state index in [2.05, 4.69) is 9.97 Å². The third-order valence-corrected chi connectivity index (χ3v) is 6.25. The summed E-state index contributed by atoms with van der Waals surface area (Å²) in [4.78, 5) is 22.1. The number of ether oxygens (including phenoxy) is 1. The minimum atomic E-state index is -3.26. The van der Waals surface area contributed by atoms with Gasteiger partial charge in [0, 0.05) is 56.8 Å². The van der Waals surface area contributed by atoms with Gasteiger partial charge in [-0.2, -0.15) is 0 Å². The molecular formula is C20H22N4O4S. The summed E-state index contributed by atoms with van der Waals surface area (Å²) in [6.07, 6.45) is 6.02. The third kappa shape index (κ3) is 4.09. The van der Waals surface area contributed by atoms with Crippen molar-refractivity contribution in [3.8, 4) is 11.7 Å². The molecule has 3 heterocycles. The van der Waals surface area contributed by atoms with Gasteiger partial charge < -0.3 is 14.2 Å². The Balaban J connectivity index is 1.55. The van der Waals surface area contributed by atoms with Crippen LogP contribution in [0.5, 0.6) is 5.88 Å². The number of piperidine rings is 1. The fraction of sp³-hybridized carbons (Fsp3) is 0.350. The number of hydrogen-bond acceptors (Lipinski definition) is 6. The van der Waals surface area contributed by atoms with Crippen LogP contribution in [0.3, 0.4) is 0 Å². The summed E-state index contributed by atoms with van der Waals surface area (Å²) in [5, 5.41) is 0.811. The smallest absolute Gasteiger partial charge is 0.219 e. The first kappa shape index (κ1) is 19.4. The van der Waals surface area contributed by atoms with Gasteiger partial charge in [0.15, 0.2) is 9.84 Å². The lowest BCUT2D eigenvalue weighted by atomic mass is 10.1. The first-order valence-electron chi connectivity index (χ1n) is 9.37. The molecule has 3 aromatic rings. The first-order chi connectivity index (χ1) is 13.8. The maximum absolute atomic E-state index is 11.8. The van der Waals surface area contributed by atoms with Crippen LogP contribution in [0.2, 0.25) is 0 Å². The lowest BCUT2D eigenvalue weighted by molar-refractivity contribution is -0.130. The lowest BCUT2D eigenvalue weighted by Gasteiger charge is -2.31. The molecule has 9 heteroatoms. The number of benzene rings is 1. The van der Waals surface area contributed by atoms with Crippen molar-refractivity contribution in [2.45, 2.75) is 30.8 Å². The predicted molar refractivity (Wildman–Crippen MR) is 108 cm³/mol. The zero-order chi connectivity index (χ0) is 20.6. The fourth-order valence-electron chi connectivity index (χ4n) is 3.54. The molecule has 4 rings (SSSR count). The number of aromatic nitrogens is 3. The average Bonchev–Trinajstić information content (AvgIpc) is 3.11. The molecule has 0 unspecified atom stereocenters. The Labute approximate surface area is 169 Å². The van der Waals surface area contributed by atoms with Crippen LogP contribution >= 0.6 is 0 Å². The molecule has 1 aliphatic heterocycles. The first-order valence-corrected chi connectivity index (χ1v) is 11.3. The van der Waals surface area contributed by atoms with Gasteiger partial charge in [-0.25, -0.2) is 18.4 Å². The SMILES string of the molecule is CC(=O)N1CCC(Oc2cc(-n3ccc4cc(S(C)(=O)=O)ccc43)ncn2)CC1. The van der Waals surface area contributed by atoms with E-state index in [1.807, 2.05) is 21.7 Å². The molecule has 0 aliphatic carbocycles. The van der Waals surface area contributed by atoms with Gasteiger partial charge in [-0.1, -0.05) is 0 Å². The molecular weight excluding hydrogens is 392 g/mol. The van der Waals surface area contributed by atoms with Crippen LogP contribution in [0, 0.1) is 0 Å². The van der Waals surface area contributed by atoms with Crippen molar-refractivity contribution in [2.75, 3.05) is 19.3 Å².